The molecule has 0 radical (unpaired) electrons. The molecule has 6 nitrogen and oxygen atoms in total. The molecule has 0 aliphatic carbocycles. The Morgan fingerprint density at radius 2 is 2.31 bits per heavy atom. The van der Waals surface area contributed by atoms with Crippen molar-refractivity contribution in [3.8, 4) is 11.6 Å². The highest BCUT2D eigenvalue weighted by molar-refractivity contribution is 5.43. The molecular formula is C7H7N3O3. The maximum atomic E-state index is 9.11. The minimum Gasteiger partial charge on any atom is -0.385 e. The molecule has 6 heteroatoms. The molecule has 1 atom stereocenters. The quantitative estimate of drug-likeness (QED) is 0.736. The van der Waals surface area contributed by atoms with E-state index < -0.39 is 6.10 Å². The van der Waals surface area contributed by atoms with Crippen LogP contribution in [0.1, 0.15) is 18.9 Å². The summed E-state index contributed by atoms with van der Waals surface area (Å²) in [4.78, 5) is 3.90. The Morgan fingerprint density at radius 3 is 2.85 bits per heavy atom. The molecule has 1 unspecified atom stereocenters. The fourth-order valence-corrected chi connectivity index (χ4v) is 0.831. The summed E-state index contributed by atoms with van der Waals surface area (Å²) in [5, 5.41) is 16.3. The van der Waals surface area contributed by atoms with Gasteiger partial charge in [0.15, 0.2) is 11.5 Å². The van der Waals surface area contributed by atoms with Gasteiger partial charge in [0.05, 0.1) is 0 Å². The van der Waals surface area contributed by atoms with Gasteiger partial charge in [-0.2, -0.15) is 4.98 Å². The maximum Gasteiger partial charge on any atom is 0.280 e. The first kappa shape index (κ1) is 7.93. The first-order valence-electron chi connectivity index (χ1n) is 3.70. The Hall–Kier alpha value is -1.69. The van der Waals surface area contributed by atoms with Gasteiger partial charge >= 0.3 is 0 Å². The Kier molecular flexibility index (Phi) is 1.82. The van der Waals surface area contributed by atoms with Crippen LogP contribution in [-0.4, -0.2) is 20.4 Å². The lowest BCUT2D eigenvalue weighted by Gasteiger charge is -1.91. The van der Waals surface area contributed by atoms with E-state index in [0.717, 1.165) is 0 Å². The molecule has 0 aliphatic rings. The van der Waals surface area contributed by atoms with Gasteiger partial charge < -0.3 is 14.2 Å². The molecular weight excluding hydrogens is 174 g/mol. The van der Waals surface area contributed by atoms with Gasteiger partial charge in [-0.25, -0.2) is 0 Å². The zero-order valence-electron chi connectivity index (χ0n) is 6.84. The molecule has 2 aromatic heterocycles. The molecule has 2 aromatic rings. The standard InChI is InChI=1S/C7H7N3O3/c1-4(11)6-8-7(13-10-6)5-2-3-12-9-5/h2-4,11H,1H3. The SMILES string of the molecule is CC(O)c1noc(-c2ccon2)n1. The van der Waals surface area contributed by atoms with Crippen molar-refractivity contribution in [1.29, 1.82) is 0 Å². The summed E-state index contributed by atoms with van der Waals surface area (Å²) in [5.41, 5.74) is 0.458. The van der Waals surface area contributed by atoms with Crippen LogP contribution in [0.5, 0.6) is 0 Å². The van der Waals surface area contributed by atoms with Crippen molar-refractivity contribution < 1.29 is 14.2 Å². The van der Waals surface area contributed by atoms with E-state index in [9.17, 15) is 0 Å². The molecule has 0 aromatic carbocycles. The van der Waals surface area contributed by atoms with Crippen molar-refractivity contribution in [3.05, 3.63) is 18.2 Å². The van der Waals surface area contributed by atoms with Crippen molar-refractivity contribution in [2.75, 3.05) is 0 Å². The lowest BCUT2D eigenvalue weighted by molar-refractivity contribution is 0.184. The van der Waals surface area contributed by atoms with E-state index in [4.69, 9.17) is 9.63 Å². The van der Waals surface area contributed by atoms with Crippen molar-refractivity contribution >= 4 is 0 Å². The monoisotopic (exact) mass is 181 g/mol. The molecule has 2 heterocycles. The van der Waals surface area contributed by atoms with Crippen LogP contribution in [0.4, 0.5) is 0 Å². The lowest BCUT2D eigenvalue weighted by atomic mass is 10.4. The van der Waals surface area contributed by atoms with Gasteiger partial charge in [0.2, 0.25) is 0 Å². The summed E-state index contributed by atoms with van der Waals surface area (Å²) in [6, 6.07) is 1.60. The average molecular weight is 181 g/mol. The van der Waals surface area contributed by atoms with Gasteiger partial charge in [0, 0.05) is 6.07 Å². The first-order chi connectivity index (χ1) is 6.27. The predicted octanol–water partition coefficient (Wildman–Crippen LogP) is 0.778. The number of aromatic nitrogens is 3. The molecule has 0 aliphatic heterocycles. The summed E-state index contributed by atoms with van der Waals surface area (Å²) in [5.74, 6) is 0.475. The molecule has 0 amide bonds. The maximum absolute atomic E-state index is 9.11. The zero-order chi connectivity index (χ0) is 9.26. The third-order valence-electron chi connectivity index (χ3n) is 1.47. The Labute approximate surface area is 73.2 Å². The van der Waals surface area contributed by atoms with Crippen LogP contribution in [0.15, 0.2) is 21.4 Å². The van der Waals surface area contributed by atoms with E-state index in [1.54, 1.807) is 13.0 Å². The normalized spacial score (nSPS) is 13.1. The Bertz CT molecular complexity index is 379. The minimum absolute atomic E-state index is 0.234. The second-order valence-electron chi connectivity index (χ2n) is 2.52. The van der Waals surface area contributed by atoms with E-state index in [1.165, 1.54) is 6.26 Å². The Balaban J connectivity index is 2.33. The highest BCUT2D eigenvalue weighted by atomic mass is 16.5. The number of hydrogen-bond donors (Lipinski definition) is 1. The summed E-state index contributed by atoms with van der Waals surface area (Å²) in [6.45, 7) is 1.55. The van der Waals surface area contributed by atoms with E-state index in [2.05, 4.69) is 19.8 Å². The molecule has 2 rings (SSSR count). The molecule has 0 spiro atoms. The topological polar surface area (TPSA) is 85.2 Å². The van der Waals surface area contributed by atoms with Crippen LogP contribution in [0, 0.1) is 0 Å². The van der Waals surface area contributed by atoms with Gasteiger partial charge in [-0.1, -0.05) is 10.3 Å². The second-order valence-corrected chi connectivity index (χ2v) is 2.52. The summed E-state index contributed by atoms with van der Waals surface area (Å²) in [6.07, 6.45) is 0.658. The number of rotatable bonds is 2. The van der Waals surface area contributed by atoms with Crippen molar-refractivity contribution in [1.82, 2.24) is 15.3 Å². The van der Waals surface area contributed by atoms with Crippen LogP contribution >= 0.6 is 0 Å². The fraction of sp³-hybridized carbons (Fsp3) is 0.286. The van der Waals surface area contributed by atoms with Gasteiger partial charge in [-0.15, -0.1) is 0 Å². The van der Waals surface area contributed by atoms with E-state index in [0.29, 0.717) is 5.69 Å². The molecule has 13 heavy (non-hydrogen) atoms. The largest absolute Gasteiger partial charge is 0.385 e. The van der Waals surface area contributed by atoms with E-state index in [1.807, 2.05) is 0 Å². The third kappa shape index (κ3) is 1.43. The van der Waals surface area contributed by atoms with Crippen molar-refractivity contribution in [2.45, 2.75) is 13.0 Å². The molecule has 1 N–H and O–H groups in total. The van der Waals surface area contributed by atoms with E-state index >= 15 is 0 Å². The van der Waals surface area contributed by atoms with Crippen LogP contribution < -0.4 is 0 Å². The van der Waals surface area contributed by atoms with Crippen LogP contribution in [-0.2, 0) is 0 Å². The third-order valence-corrected chi connectivity index (χ3v) is 1.47. The van der Waals surface area contributed by atoms with Crippen molar-refractivity contribution in [2.24, 2.45) is 0 Å². The minimum atomic E-state index is -0.746. The first-order valence-corrected chi connectivity index (χ1v) is 3.70. The second kappa shape index (κ2) is 2.98. The van der Waals surface area contributed by atoms with Gasteiger partial charge in [-0.3, -0.25) is 0 Å². The summed E-state index contributed by atoms with van der Waals surface area (Å²) in [7, 11) is 0. The smallest absolute Gasteiger partial charge is 0.280 e. The fourth-order valence-electron chi connectivity index (χ4n) is 0.831. The summed E-state index contributed by atoms with van der Waals surface area (Å²) >= 11 is 0. The number of nitrogens with zero attached hydrogens (tertiary/aromatic N) is 3. The molecule has 0 saturated heterocycles. The highest BCUT2D eigenvalue weighted by Crippen LogP contribution is 2.16. The Morgan fingerprint density at radius 1 is 1.46 bits per heavy atom. The number of aliphatic hydroxyl groups excluding tert-OH is 1. The highest BCUT2D eigenvalue weighted by Gasteiger charge is 2.13. The van der Waals surface area contributed by atoms with Crippen molar-refractivity contribution in [3.63, 3.8) is 0 Å². The molecule has 0 bridgehead atoms. The van der Waals surface area contributed by atoms with Crippen LogP contribution in [0.3, 0.4) is 0 Å². The number of hydrogen-bond acceptors (Lipinski definition) is 6. The van der Waals surface area contributed by atoms with E-state index in [-0.39, 0.29) is 11.7 Å². The molecule has 68 valence electrons. The van der Waals surface area contributed by atoms with Gasteiger partial charge in [0.1, 0.15) is 12.4 Å². The summed E-state index contributed by atoms with van der Waals surface area (Å²) < 4.78 is 9.43. The van der Waals surface area contributed by atoms with Gasteiger partial charge in [-0.05, 0) is 6.92 Å². The van der Waals surface area contributed by atoms with Gasteiger partial charge in [0.25, 0.3) is 5.89 Å². The average Bonchev–Trinajstić information content (AvgIpc) is 2.75. The molecule has 0 fully saturated rings. The predicted molar refractivity (Wildman–Crippen MR) is 40.4 cm³/mol. The van der Waals surface area contributed by atoms with Crippen LogP contribution in [0.25, 0.3) is 11.6 Å². The zero-order valence-corrected chi connectivity index (χ0v) is 6.84. The lowest BCUT2D eigenvalue weighted by Crippen LogP contribution is -1.92. The number of aliphatic hydroxyl groups is 1. The van der Waals surface area contributed by atoms with Crippen LogP contribution in [0.2, 0.25) is 0 Å². The molecule has 0 saturated carbocycles.